The van der Waals surface area contributed by atoms with Crippen LogP contribution in [0.25, 0.3) is 0 Å². The maximum absolute atomic E-state index is 14.4. The number of carboxylic acid groups (broad SMARTS) is 1. The number of benzene rings is 1. The highest BCUT2D eigenvalue weighted by Crippen LogP contribution is 2.38. The van der Waals surface area contributed by atoms with E-state index < -0.39 is 71.5 Å². The van der Waals surface area contributed by atoms with E-state index in [1.807, 2.05) is 56.9 Å². The van der Waals surface area contributed by atoms with Crippen LogP contribution in [-0.2, 0) is 54.3 Å². The summed E-state index contributed by atoms with van der Waals surface area (Å²) in [7, 11) is 4.80. The van der Waals surface area contributed by atoms with Crippen molar-refractivity contribution in [1.29, 1.82) is 0 Å². The van der Waals surface area contributed by atoms with Gasteiger partial charge in [0.15, 0.2) is 0 Å². The molecule has 1 aromatic rings. The third-order valence-corrected chi connectivity index (χ3v) is 13.6. The van der Waals surface area contributed by atoms with Crippen LogP contribution in [0.15, 0.2) is 36.4 Å². The molecule has 2 aliphatic heterocycles. The number of carboxylic acids is 1. The molecule has 17 nitrogen and oxygen atoms in total. The van der Waals surface area contributed by atoms with Gasteiger partial charge in [-0.3, -0.25) is 48.7 Å². The van der Waals surface area contributed by atoms with E-state index in [9.17, 15) is 43.5 Å². The van der Waals surface area contributed by atoms with E-state index in [2.05, 4.69) is 16.0 Å². The van der Waals surface area contributed by atoms with Crippen molar-refractivity contribution in [3.05, 3.63) is 47.5 Å². The number of rotatable bonds is 25. The highest BCUT2D eigenvalue weighted by molar-refractivity contribution is 6.12. The Balaban J connectivity index is 1.38. The summed E-state index contributed by atoms with van der Waals surface area (Å²) in [5.41, 5.74) is 0.534. The van der Waals surface area contributed by atoms with Crippen molar-refractivity contribution < 1.29 is 52.9 Å². The van der Waals surface area contributed by atoms with Crippen LogP contribution in [0.2, 0.25) is 0 Å². The summed E-state index contributed by atoms with van der Waals surface area (Å²) in [4.78, 5) is 109. The number of carbonyl (C=O) groups excluding carboxylic acids is 7. The van der Waals surface area contributed by atoms with E-state index in [4.69, 9.17) is 9.47 Å². The number of aliphatic carboxylic acids is 1. The van der Waals surface area contributed by atoms with Gasteiger partial charge in [0.2, 0.25) is 23.6 Å². The number of methoxy groups -OCH3 is 2. The molecule has 4 N–H and O–H groups in total. The minimum atomic E-state index is -1.43. The molecule has 1 fully saturated rings. The Morgan fingerprint density at radius 3 is 2.18 bits per heavy atom. The summed E-state index contributed by atoms with van der Waals surface area (Å²) in [6, 6.07) is 4.73. The van der Waals surface area contributed by atoms with Gasteiger partial charge in [-0.15, -0.1) is 0 Å². The SMILES string of the molecule is CC[C@H](C)[C@@H]([C@@H](CC(=O)N1CCC[C@H]1[C@H](OC)[C@@H](C)C(=O)NC(C(=O)O)[C@H]1Cc2ccccc21)OC)N(C)[C@H](C(=O)NC(=O)C(C)(C)NC(=O)CCCCCN1C(=O)C=CC1=O)C(C)C. The lowest BCUT2D eigenvalue weighted by Gasteiger charge is -2.43. The lowest BCUT2D eigenvalue weighted by Crippen LogP contribution is -2.62. The molecule has 17 heteroatoms. The number of nitrogens with one attached hydrogen (secondary N) is 3. The Morgan fingerprint density at radius 1 is 0.938 bits per heavy atom. The van der Waals surface area contributed by atoms with Crippen molar-refractivity contribution in [2.45, 2.75) is 154 Å². The Kier molecular flexibility index (Phi) is 19.0. The second-order valence-electron chi connectivity index (χ2n) is 18.8. The predicted octanol–water partition coefficient (Wildman–Crippen LogP) is 3.34. The fourth-order valence-corrected chi connectivity index (χ4v) is 9.74. The Hall–Kier alpha value is -5.00. The van der Waals surface area contributed by atoms with Crippen molar-refractivity contribution in [2.24, 2.45) is 17.8 Å². The Bertz CT molecular complexity index is 1920. The molecule has 1 saturated heterocycles. The van der Waals surface area contributed by atoms with Gasteiger partial charge in [-0.1, -0.05) is 71.7 Å². The molecule has 65 heavy (non-hydrogen) atoms. The van der Waals surface area contributed by atoms with Crippen molar-refractivity contribution in [2.75, 3.05) is 34.4 Å². The topological polar surface area (TPSA) is 221 Å². The summed E-state index contributed by atoms with van der Waals surface area (Å²) in [6.45, 7) is 13.2. The highest BCUT2D eigenvalue weighted by atomic mass is 16.5. The van der Waals surface area contributed by atoms with Crippen molar-refractivity contribution >= 4 is 47.3 Å². The van der Waals surface area contributed by atoms with Gasteiger partial charge >= 0.3 is 5.97 Å². The summed E-state index contributed by atoms with van der Waals surface area (Å²) in [6.07, 6.45) is 5.21. The van der Waals surface area contributed by atoms with E-state index in [0.717, 1.165) is 16.0 Å². The van der Waals surface area contributed by atoms with Gasteiger partial charge < -0.3 is 30.1 Å². The molecular formula is C48H72N6O11. The van der Waals surface area contributed by atoms with Gasteiger partial charge in [0, 0.05) is 57.8 Å². The number of unbranched alkanes of at least 4 members (excludes halogenated alkanes) is 2. The maximum atomic E-state index is 14.4. The zero-order valence-corrected chi connectivity index (χ0v) is 39.9. The molecule has 1 aromatic carbocycles. The molecular weight excluding hydrogens is 837 g/mol. The fraction of sp³-hybridized carbons (Fsp3) is 0.667. The van der Waals surface area contributed by atoms with Gasteiger partial charge in [-0.2, -0.15) is 0 Å². The average molecular weight is 909 g/mol. The first-order valence-corrected chi connectivity index (χ1v) is 23.1. The van der Waals surface area contributed by atoms with E-state index in [-0.39, 0.29) is 60.8 Å². The van der Waals surface area contributed by atoms with Gasteiger partial charge in [0.05, 0.1) is 36.6 Å². The molecule has 2 heterocycles. The van der Waals surface area contributed by atoms with Crippen molar-refractivity contribution in [3.8, 4) is 0 Å². The summed E-state index contributed by atoms with van der Waals surface area (Å²) >= 11 is 0. The van der Waals surface area contributed by atoms with Crippen LogP contribution in [0.4, 0.5) is 0 Å². The maximum Gasteiger partial charge on any atom is 0.326 e. The average Bonchev–Trinajstić information content (AvgIpc) is 3.85. The fourth-order valence-electron chi connectivity index (χ4n) is 9.74. The van der Waals surface area contributed by atoms with Gasteiger partial charge in [-0.25, -0.2) is 4.79 Å². The lowest BCUT2D eigenvalue weighted by atomic mass is 9.73. The molecule has 1 unspecified atom stereocenters. The van der Waals surface area contributed by atoms with Crippen LogP contribution in [0.1, 0.15) is 117 Å². The molecule has 0 aromatic heterocycles. The molecule has 4 rings (SSSR count). The van der Waals surface area contributed by atoms with E-state index in [1.165, 1.54) is 40.2 Å². The predicted molar refractivity (Wildman–Crippen MR) is 242 cm³/mol. The number of carbonyl (C=O) groups is 8. The number of hydrogen-bond donors (Lipinski definition) is 4. The van der Waals surface area contributed by atoms with Crippen LogP contribution in [0, 0.1) is 17.8 Å². The molecule has 1 aliphatic carbocycles. The van der Waals surface area contributed by atoms with Crippen LogP contribution in [0.3, 0.4) is 0 Å². The molecule has 7 amide bonds. The number of ether oxygens (including phenoxy) is 2. The molecule has 0 spiro atoms. The third-order valence-electron chi connectivity index (χ3n) is 13.6. The van der Waals surface area contributed by atoms with Gasteiger partial charge in [0.1, 0.15) is 11.6 Å². The Labute approximate surface area is 383 Å². The van der Waals surface area contributed by atoms with Crippen LogP contribution in [-0.4, -0.2) is 143 Å². The first kappa shape index (κ1) is 52.6. The molecule has 0 bridgehead atoms. The largest absolute Gasteiger partial charge is 0.480 e. The monoisotopic (exact) mass is 909 g/mol. The van der Waals surface area contributed by atoms with E-state index in [0.29, 0.717) is 51.5 Å². The zero-order chi connectivity index (χ0) is 48.3. The number of nitrogens with zero attached hydrogens (tertiary/aromatic N) is 3. The van der Waals surface area contributed by atoms with Crippen LogP contribution >= 0.6 is 0 Å². The van der Waals surface area contributed by atoms with Crippen molar-refractivity contribution in [3.63, 3.8) is 0 Å². The molecule has 0 radical (unpaired) electrons. The van der Waals surface area contributed by atoms with E-state index in [1.54, 1.807) is 18.9 Å². The van der Waals surface area contributed by atoms with E-state index >= 15 is 0 Å². The molecule has 0 saturated carbocycles. The quantitative estimate of drug-likeness (QED) is 0.0820. The number of imide groups is 2. The lowest BCUT2D eigenvalue weighted by molar-refractivity contribution is -0.146. The van der Waals surface area contributed by atoms with Crippen LogP contribution in [0.5, 0.6) is 0 Å². The first-order valence-electron chi connectivity index (χ1n) is 23.1. The number of fused-ring (bicyclic) bond motifs is 1. The third kappa shape index (κ3) is 12.9. The number of amides is 7. The second-order valence-corrected chi connectivity index (χ2v) is 18.8. The molecule has 3 aliphatic rings. The summed E-state index contributed by atoms with van der Waals surface area (Å²) in [5, 5.41) is 18.1. The normalized spacial score (nSPS) is 20.4. The minimum absolute atomic E-state index is 0.0400. The first-order chi connectivity index (χ1) is 30.7. The number of likely N-dealkylation sites (tertiary alicyclic amines) is 1. The smallest absolute Gasteiger partial charge is 0.326 e. The van der Waals surface area contributed by atoms with Gasteiger partial charge in [-0.05, 0) is 76.0 Å². The number of hydrogen-bond acceptors (Lipinski definition) is 11. The van der Waals surface area contributed by atoms with Gasteiger partial charge in [0.25, 0.3) is 17.7 Å². The van der Waals surface area contributed by atoms with Crippen LogP contribution < -0.4 is 16.0 Å². The molecule has 9 atom stereocenters. The standard InChI is InChI=1S/C48H72N6O11/c1-11-29(4)42(52(8)41(28(2)3)45(60)50-47(63)48(6,7)51-36(55)21-13-12-16-24-54-37(56)22-23-38(54)57)35(64-9)27-39(58)53-25-17-20-34(53)43(65-10)30(5)44(59)49-40(46(61)62)33-26-31-18-14-15-19-32(31)33/h14-15,18-19,22-23,28-30,33-35,40-43H,11-13,16-17,20-21,24-27H2,1-10H3,(H,49,59)(H,51,55)(H,61,62)(H,50,60,63)/t29-,30+,33-,34-,35+,40?,41-,42-,43+/m0/s1. The highest BCUT2D eigenvalue weighted by Gasteiger charge is 2.45. The molecule has 360 valence electrons. The minimum Gasteiger partial charge on any atom is -0.480 e. The van der Waals surface area contributed by atoms with Crippen molar-refractivity contribution in [1.82, 2.24) is 30.7 Å². The second kappa shape index (κ2) is 23.4. The zero-order valence-electron chi connectivity index (χ0n) is 39.9. The summed E-state index contributed by atoms with van der Waals surface area (Å²) in [5.74, 6) is -5.63. The number of likely N-dealkylation sites (N-methyl/N-ethyl adjacent to an activating group) is 1. The summed E-state index contributed by atoms with van der Waals surface area (Å²) < 4.78 is 12.0. The Morgan fingerprint density at radius 2 is 1.60 bits per heavy atom.